The molecule has 3 aromatic rings. The Morgan fingerprint density at radius 3 is 2.56 bits per heavy atom. The zero-order valence-electron chi connectivity index (χ0n) is 17.1. The number of anilines is 1. The molecule has 0 aromatic heterocycles. The van der Waals surface area contributed by atoms with Gasteiger partial charge < -0.3 is 10.2 Å². The van der Waals surface area contributed by atoms with Crippen molar-refractivity contribution in [2.45, 2.75) is 18.5 Å². The van der Waals surface area contributed by atoms with Gasteiger partial charge in [-0.15, -0.1) is 0 Å². The van der Waals surface area contributed by atoms with Crippen molar-refractivity contribution in [1.82, 2.24) is 5.32 Å². The maximum absolute atomic E-state index is 14.0. The molecule has 3 aromatic carbocycles. The monoisotopic (exact) mass is 467 g/mol. The van der Waals surface area contributed by atoms with Crippen LogP contribution in [0.1, 0.15) is 27.9 Å². The van der Waals surface area contributed by atoms with Crippen LogP contribution in [0.5, 0.6) is 0 Å². The van der Waals surface area contributed by atoms with Gasteiger partial charge in [-0.2, -0.15) is 5.26 Å². The highest BCUT2D eigenvalue weighted by atomic mass is 35.5. The van der Waals surface area contributed by atoms with Gasteiger partial charge in [-0.1, -0.05) is 53.5 Å². The Morgan fingerprint density at radius 2 is 1.91 bits per heavy atom. The van der Waals surface area contributed by atoms with E-state index in [2.05, 4.69) is 11.4 Å². The number of nitrogens with zero attached hydrogens (tertiary/aromatic N) is 2. The number of halogens is 3. The second-order valence-corrected chi connectivity index (χ2v) is 8.57. The van der Waals surface area contributed by atoms with Crippen LogP contribution in [0.15, 0.2) is 66.7 Å². The van der Waals surface area contributed by atoms with Gasteiger partial charge in [-0.3, -0.25) is 4.79 Å². The Morgan fingerprint density at radius 1 is 1.09 bits per heavy atom. The molecule has 0 bridgehead atoms. The Labute approximate surface area is 196 Å². The molecule has 1 saturated heterocycles. The predicted molar refractivity (Wildman–Crippen MR) is 125 cm³/mol. The highest BCUT2D eigenvalue weighted by Gasteiger charge is 2.47. The normalized spacial score (nSPS) is 17.7. The van der Waals surface area contributed by atoms with E-state index < -0.39 is 11.4 Å². The molecule has 1 aliphatic rings. The van der Waals surface area contributed by atoms with Gasteiger partial charge in [-0.25, -0.2) is 4.39 Å². The molecule has 1 fully saturated rings. The van der Waals surface area contributed by atoms with Crippen LogP contribution >= 0.6 is 23.2 Å². The summed E-state index contributed by atoms with van der Waals surface area (Å²) in [5.41, 5.74) is 1.20. The Balaban J connectivity index is 1.86. The first-order valence-corrected chi connectivity index (χ1v) is 10.9. The summed E-state index contributed by atoms with van der Waals surface area (Å²) in [5.74, 6) is -0.648. The lowest BCUT2D eigenvalue weighted by Gasteiger charge is -2.42. The van der Waals surface area contributed by atoms with E-state index in [1.807, 2.05) is 23.1 Å². The van der Waals surface area contributed by atoms with Crippen LogP contribution in [-0.2, 0) is 6.54 Å². The van der Waals surface area contributed by atoms with Crippen molar-refractivity contribution in [3.8, 4) is 6.07 Å². The van der Waals surface area contributed by atoms with E-state index in [0.29, 0.717) is 52.9 Å². The minimum atomic E-state index is -0.982. The summed E-state index contributed by atoms with van der Waals surface area (Å²) < 4.78 is 14.0. The fraction of sp³-hybridized carbons (Fsp3) is 0.200. The van der Waals surface area contributed by atoms with Gasteiger partial charge in [-0.05, 0) is 54.9 Å². The molecule has 4 nitrogen and oxygen atoms in total. The van der Waals surface area contributed by atoms with Gasteiger partial charge in [0.15, 0.2) is 5.78 Å². The number of Topliss-reactive ketones (excluding diaryl/α,β-unsaturated/α-hetero) is 1. The largest absolute Gasteiger partial charge is 0.353 e. The number of carbonyl (C=O) groups excluding carboxylic acids is 1. The van der Waals surface area contributed by atoms with Crippen molar-refractivity contribution in [1.29, 1.82) is 5.26 Å². The smallest absolute Gasteiger partial charge is 0.189 e. The molecule has 7 heteroatoms. The Hall–Kier alpha value is -2.91. The minimum Gasteiger partial charge on any atom is -0.353 e. The van der Waals surface area contributed by atoms with E-state index in [-0.39, 0.29) is 5.78 Å². The van der Waals surface area contributed by atoms with Crippen LogP contribution in [0.2, 0.25) is 10.0 Å². The van der Waals surface area contributed by atoms with E-state index in [1.54, 1.807) is 30.3 Å². The molecule has 0 saturated carbocycles. The van der Waals surface area contributed by atoms with Gasteiger partial charge in [0.25, 0.3) is 0 Å². The lowest BCUT2D eigenvalue weighted by Crippen LogP contribution is -2.56. The van der Waals surface area contributed by atoms with E-state index >= 15 is 0 Å². The molecule has 0 unspecified atom stereocenters. The lowest BCUT2D eigenvalue weighted by atomic mass is 9.85. The van der Waals surface area contributed by atoms with Crippen molar-refractivity contribution in [3.05, 3.63) is 99.3 Å². The van der Waals surface area contributed by atoms with Crippen LogP contribution < -0.4 is 10.2 Å². The molecule has 1 atom stereocenters. The zero-order chi connectivity index (χ0) is 22.7. The molecule has 32 heavy (non-hydrogen) atoms. The standard InChI is InChI=1S/C25H20Cl2FN3O/c26-22-7-2-1-4-19(22)15-31(21-9-8-18(14-29)23(27)13-21)25(10-11-30-16-25)24(32)17-5-3-6-20(28)12-17/h1-9,12-13,30H,10-11,15-16H2/t25-/m0/s1. The van der Waals surface area contributed by atoms with Crippen molar-refractivity contribution in [2.24, 2.45) is 0 Å². The van der Waals surface area contributed by atoms with Gasteiger partial charge in [0.05, 0.1) is 10.6 Å². The van der Waals surface area contributed by atoms with E-state index in [1.165, 1.54) is 18.2 Å². The molecular weight excluding hydrogens is 448 g/mol. The highest BCUT2D eigenvalue weighted by Crippen LogP contribution is 2.37. The second kappa shape index (κ2) is 9.30. The molecule has 1 aliphatic heterocycles. The van der Waals surface area contributed by atoms with Crippen molar-refractivity contribution < 1.29 is 9.18 Å². The highest BCUT2D eigenvalue weighted by molar-refractivity contribution is 6.32. The maximum atomic E-state index is 14.0. The summed E-state index contributed by atoms with van der Waals surface area (Å²) in [6.07, 6.45) is 0.518. The number of rotatable bonds is 6. The van der Waals surface area contributed by atoms with Gasteiger partial charge in [0.1, 0.15) is 17.4 Å². The first-order valence-electron chi connectivity index (χ1n) is 10.2. The minimum absolute atomic E-state index is 0.186. The van der Waals surface area contributed by atoms with Gasteiger partial charge in [0, 0.05) is 29.4 Å². The molecule has 0 radical (unpaired) electrons. The zero-order valence-corrected chi connectivity index (χ0v) is 18.6. The van der Waals surface area contributed by atoms with Crippen LogP contribution in [0.3, 0.4) is 0 Å². The summed E-state index contributed by atoms with van der Waals surface area (Å²) in [4.78, 5) is 15.8. The number of benzene rings is 3. The van der Waals surface area contributed by atoms with Crippen LogP contribution in [0.4, 0.5) is 10.1 Å². The summed E-state index contributed by atoms with van der Waals surface area (Å²) in [7, 11) is 0. The van der Waals surface area contributed by atoms with E-state index in [9.17, 15) is 14.4 Å². The topological polar surface area (TPSA) is 56.1 Å². The lowest BCUT2D eigenvalue weighted by molar-refractivity contribution is 0.0892. The summed E-state index contributed by atoms with van der Waals surface area (Å²) in [5, 5.41) is 13.5. The van der Waals surface area contributed by atoms with Crippen LogP contribution in [0.25, 0.3) is 0 Å². The number of ketones is 1. The SMILES string of the molecule is N#Cc1ccc(N(Cc2ccccc2Cl)[C@@]2(C(=O)c3cccc(F)c3)CCNC2)cc1Cl. The molecule has 162 valence electrons. The Kier molecular flexibility index (Phi) is 6.48. The molecular formula is C25H20Cl2FN3O. The van der Waals surface area contributed by atoms with Crippen molar-refractivity contribution in [2.75, 3.05) is 18.0 Å². The molecule has 4 rings (SSSR count). The number of hydrogen-bond donors (Lipinski definition) is 1. The third kappa shape index (κ3) is 4.22. The van der Waals surface area contributed by atoms with E-state index in [0.717, 1.165) is 5.56 Å². The summed E-state index contributed by atoms with van der Waals surface area (Å²) in [6.45, 7) is 1.35. The first-order chi connectivity index (χ1) is 15.4. The molecule has 0 aliphatic carbocycles. The first kappa shape index (κ1) is 22.3. The van der Waals surface area contributed by atoms with Crippen LogP contribution in [0, 0.1) is 17.1 Å². The third-order valence-electron chi connectivity index (χ3n) is 5.83. The van der Waals surface area contributed by atoms with Crippen LogP contribution in [-0.4, -0.2) is 24.4 Å². The maximum Gasteiger partial charge on any atom is 0.189 e. The average Bonchev–Trinajstić information content (AvgIpc) is 3.29. The summed E-state index contributed by atoms with van der Waals surface area (Å²) >= 11 is 12.8. The third-order valence-corrected chi connectivity index (χ3v) is 6.51. The number of nitriles is 1. The molecule has 0 amide bonds. The van der Waals surface area contributed by atoms with Crippen molar-refractivity contribution in [3.63, 3.8) is 0 Å². The predicted octanol–water partition coefficient (Wildman–Crippen LogP) is 5.63. The van der Waals surface area contributed by atoms with Crippen molar-refractivity contribution >= 4 is 34.7 Å². The molecule has 0 spiro atoms. The molecule has 1 heterocycles. The average molecular weight is 468 g/mol. The fourth-order valence-corrected chi connectivity index (χ4v) is 4.59. The second-order valence-electron chi connectivity index (χ2n) is 7.75. The Bertz CT molecular complexity index is 1200. The van der Waals surface area contributed by atoms with Gasteiger partial charge in [0.2, 0.25) is 0 Å². The fourth-order valence-electron chi connectivity index (χ4n) is 4.17. The number of carbonyl (C=O) groups is 1. The number of nitrogens with one attached hydrogen (secondary N) is 1. The molecule has 1 N–H and O–H groups in total. The van der Waals surface area contributed by atoms with Gasteiger partial charge >= 0.3 is 0 Å². The number of hydrogen-bond acceptors (Lipinski definition) is 4. The van der Waals surface area contributed by atoms with E-state index in [4.69, 9.17) is 23.2 Å². The summed E-state index contributed by atoms with van der Waals surface area (Å²) in [6, 6.07) is 20.4. The quantitative estimate of drug-likeness (QED) is 0.477.